The molecule has 14 heavy (non-hydrogen) atoms. The van der Waals surface area contributed by atoms with E-state index in [9.17, 15) is 0 Å². The van der Waals surface area contributed by atoms with Crippen molar-refractivity contribution in [3.05, 3.63) is 22.4 Å². The molecule has 2 nitrogen and oxygen atoms in total. The van der Waals surface area contributed by atoms with Crippen LogP contribution in [0.25, 0.3) is 0 Å². The van der Waals surface area contributed by atoms with Crippen LogP contribution in [0, 0.1) is 0 Å². The van der Waals surface area contributed by atoms with Crippen LogP contribution in [0.2, 0.25) is 0 Å². The molecule has 2 rings (SSSR count). The highest BCUT2D eigenvalue weighted by Gasteiger charge is 2.27. The Labute approximate surface area is 89.3 Å². The fourth-order valence-corrected chi connectivity index (χ4v) is 2.41. The highest BCUT2D eigenvalue weighted by Crippen LogP contribution is 2.22. The molecule has 1 aliphatic heterocycles. The molecule has 78 valence electrons. The van der Waals surface area contributed by atoms with E-state index in [2.05, 4.69) is 29.8 Å². The minimum Gasteiger partial charge on any atom is -0.368 e. The average Bonchev–Trinajstić information content (AvgIpc) is 2.69. The van der Waals surface area contributed by atoms with Crippen LogP contribution in [0.1, 0.15) is 24.6 Å². The van der Waals surface area contributed by atoms with Gasteiger partial charge in [0.05, 0.1) is 12.2 Å². The fourth-order valence-electron chi connectivity index (χ4n) is 1.79. The van der Waals surface area contributed by atoms with Crippen LogP contribution >= 0.6 is 11.3 Å². The van der Waals surface area contributed by atoms with E-state index >= 15 is 0 Å². The molecular weight excluding hydrogens is 194 g/mol. The predicted molar refractivity (Wildman–Crippen MR) is 59.6 cm³/mol. The molecule has 0 bridgehead atoms. The molecule has 3 heteroatoms. The first-order valence-corrected chi connectivity index (χ1v) is 6.04. The van der Waals surface area contributed by atoms with Crippen LogP contribution in [0.4, 0.5) is 0 Å². The predicted octanol–water partition coefficient (Wildman–Crippen LogP) is 2.41. The van der Waals surface area contributed by atoms with Gasteiger partial charge in [0, 0.05) is 11.4 Å². The molecule has 1 aromatic rings. The Kier molecular flexibility index (Phi) is 3.21. The lowest BCUT2D eigenvalue weighted by molar-refractivity contribution is -0.0560. The number of piperidine rings is 1. The fraction of sp³-hybridized carbons (Fsp3) is 0.636. The second kappa shape index (κ2) is 4.43. The van der Waals surface area contributed by atoms with Crippen molar-refractivity contribution in [1.29, 1.82) is 0 Å². The van der Waals surface area contributed by atoms with E-state index < -0.39 is 0 Å². The molecule has 1 aromatic heterocycles. The van der Waals surface area contributed by atoms with Gasteiger partial charge in [-0.1, -0.05) is 6.07 Å². The summed E-state index contributed by atoms with van der Waals surface area (Å²) in [6, 6.07) is 4.20. The summed E-state index contributed by atoms with van der Waals surface area (Å²) in [6.45, 7) is 5.08. The molecule has 1 N–H and O–H groups in total. The summed E-state index contributed by atoms with van der Waals surface area (Å²) < 4.78 is 5.96. The van der Waals surface area contributed by atoms with Crippen molar-refractivity contribution in [2.75, 3.05) is 13.1 Å². The van der Waals surface area contributed by atoms with Crippen molar-refractivity contribution in [3.8, 4) is 0 Å². The van der Waals surface area contributed by atoms with Gasteiger partial charge in [-0.3, -0.25) is 0 Å². The van der Waals surface area contributed by atoms with Crippen molar-refractivity contribution >= 4 is 11.3 Å². The van der Waals surface area contributed by atoms with Gasteiger partial charge < -0.3 is 10.1 Å². The molecule has 2 heterocycles. The molecule has 1 aliphatic rings. The van der Waals surface area contributed by atoms with E-state index in [4.69, 9.17) is 4.74 Å². The topological polar surface area (TPSA) is 21.3 Å². The summed E-state index contributed by atoms with van der Waals surface area (Å²) >= 11 is 1.76. The third-order valence-corrected chi connectivity index (χ3v) is 3.55. The molecule has 0 spiro atoms. The standard InChI is InChI=1S/C11H17NOS/c1-11(5-3-6-12-9-11)13-8-10-4-2-7-14-10/h2,4,7,12H,3,5-6,8-9H2,1H3. The number of hydrogen-bond donors (Lipinski definition) is 1. The van der Waals surface area contributed by atoms with Gasteiger partial charge in [-0.05, 0) is 37.8 Å². The molecule has 0 saturated carbocycles. The van der Waals surface area contributed by atoms with Crippen molar-refractivity contribution in [3.63, 3.8) is 0 Å². The zero-order valence-corrected chi connectivity index (χ0v) is 9.40. The van der Waals surface area contributed by atoms with Crippen LogP contribution in [-0.4, -0.2) is 18.7 Å². The van der Waals surface area contributed by atoms with E-state index in [0.717, 1.165) is 19.7 Å². The van der Waals surface area contributed by atoms with E-state index in [1.807, 2.05) is 0 Å². The first-order chi connectivity index (χ1) is 6.79. The highest BCUT2D eigenvalue weighted by atomic mass is 32.1. The number of thiophene rings is 1. The summed E-state index contributed by atoms with van der Waals surface area (Å²) in [4.78, 5) is 1.32. The maximum Gasteiger partial charge on any atom is 0.0817 e. The van der Waals surface area contributed by atoms with Crippen molar-refractivity contribution in [2.24, 2.45) is 0 Å². The minimum absolute atomic E-state index is 0.0439. The first-order valence-electron chi connectivity index (χ1n) is 5.16. The molecule has 0 aliphatic carbocycles. The van der Waals surface area contributed by atoms with Crippen LogP contribution in [0.3, 0.4) is 0 Å². The molecule has 1 atom stereocenters. The number of ether oxygens (including phenoxy) is 1. The third-order valence-electron chi connectivity index (χ3n) is 2.70. The highest BCUT2D eigenvalue weighted by molar-refractivity contribution is 7.09. The van der Waals surface area contributed by atoms with E-state index in [-0.39, 0.29) is 5.60 Å². The molecule has 1 fully saturated rings. The molecule has 1 unspecified atom stereocenters. The average molecular weight is 211 g/mol. The number of nitrogens with one attached hydrogen (secondary N) is 1. The quantitative estimate of drug-likeness (QED) is 0.829. The Morgan fingerprint density at radius 1 is 1.64 bits per heavy atom. The maximum atomic E-state index is 5.96. The summed E-state index contributed by atoms with van der Waals surface area (Å²) in [5.41, 5.74) is 0.0439. The molecule has 0 radical (unpaired) electrons. The van der Waals surface area contributed by atoms with E-state index in [1.54, 1.807) is 11.3 Å². The van der Waals surface area contributed by atoms with Crippen molar-refractivity contribution in [2.45, 2.75) is 32.0 Å². The van der Waals surface area contributed by atoms with Gasteiger partial charge >= 0.3 is 0 Å². The normalized spacial score (nSPS) is 27.8. The van der Waals surface area contributed by atoms with Gasteiger partial charge in [-0.25, -0.2) is 0 Å². The molecule has 0 aromatic carbocycles. The van der Waals surface area contributed by atoms with Gasteiger partial charge in [0.25, 0.3) is 0 Å². The summed E-state index contributed by atoms with van der Waals surface area (Å²) in [7, 11) is 0. The Bertz CT molecular complexity index is 265. The largest absolute Gasteiger partial charge is 0.368 e. The molecule has 0 amide bonds. The van der Waals surface area contributed by atoms with Crippen molar-refractivity contribution in [1.82, 2.24) is 5.32 Å². The van der Waals surface area contributed by atoms with Crippen LogP contribution in [0.15, 0.2) is 17.5 Å². The smallest absolute Gasteiger partial charge is 0.0817 e. The summed E-state index contributed by atoms with van der Waals surface area (Å²) in [5, 5.41) is 5.48. The number of hydrogen-bond acceptors (Lipinski definition) is 3. The second-order valence-electron chi connectivity index (χ2n) is 4.10. The summed E-state index contributed by atoms with van der Waals surface area (Å²) in [5.74, 6) is 0. The second-order valence-corrected chi connectivity index (χ2v) is 5.13. The van der Waals surface area contributed by atoms with Crippen LogP contribution in [0.5, 0.6) is 0 Å². The van der Waals surface area contributed by atoms with E-state index in [1.165, 1.54) is 17.7 Å². The lowest BCUT2D eigenvalue weighted by atomic mass is 9.96. The van der Waals surface area contributed by atoms with Gasteiger partial charge in [-0.15, -0.1) is 11.3 Å². The Balaban J connectivity index is 1.84. The van der Waals surface area contributed by atoms with E-state index in [0.29, 0.717) is 0 Å². The van der Waals surface area contributed by atoms with Gasteiger partial charge in [0.15, 0.2) is 0 Å². The zero-order valence-electron chi connectivity index (χ0n) is 8.58. The lowest BCUT2D eigenvalue weighted by Gasteiger charge is -2.34. The molecule has 1 saturated heterocycles. The third kappa shape index (κ3) is 2.56. The zero-order chi connectivity index (χ0) is 9.86. The Morgan fingerprint density at radius 3 is 3.21 bits per heavy atom. The monoisotopic (exact) mass is 211 g/mol. The van der Waals surface area contributed by atoms with Gasteiger partial charge in [-0.2, -0.15) is 0 Å². The van der Waals surface area contributed by atoms with Gasteiger partial charge in [0.2, 0.25) is 0 Å². The van der Waals surface area contributed by atoms with Crippen LogP contribution in [-0.2, 0) is 11.3 Å². The van der Waals surface area contributed by atoms with Crippen molar-refractivity contribution < 1.29 is 4.74 Å². The van der Waals surface area contributed by atoms with Gasteiger partial charge in [0.1, 0.15) is 0 Å². The SMILES string of the molecule is CC1(OCc2cccs2)CCCNC1. The minimum atomic E-state index is 0.0439. The Hall–Kier alpha value is -0.380. The maximum absolute atomic E-state index is 5.96. The lowest BCUT2D eigenvalue weighted by Crippen LogP contribution is -2.45. The Morgan fingerprint density at radius 2 is 2.57 bits per heavy atom. The number of rotatable bonds is 3. The molecular formula is C11H17NOS. The first kappa shape index (κ1) is 10.1. The van der Waals surface area contributed by atoms with Crippen LogP contribution < -0.4 is 5.32 Å². The summed E-state index contributed by atoms with van der Waals surface area (Å²) in [6.07, 6.45) is 2.40.